The molecule has 2 N–H and O–H groups in total. The van der Waals surface area contributed by atoms with Crippen LogP contribution in [0.1, 0.15) is 32.8 Å². The van der Waals surface area contributed by atoms with Gasteiger partial charge in [0, 0.05) is 0 Å². The van der Waals surface area contributed by atoms with Crippen molar-refractivity contribution in [3.8, 4) is 0 Å². The summed E-state index contributed by atoms with van der Waals surface area (Å²) in [5, 5.41) is 12.4. The fourth-order valence-corrected chi connectivity index (χ4v) is 2.03. The topological polar surface area (TPSA) is 75.6 Å². The molecule has 0 aliphatic heterocycles. The molecule has 0 radical (unpaired) electrons. The highest BCUT2D eigenvalue weighted by molar-refractivity contribution is 6.42. The molecule has 5 nitrogen and oxygen atoms in total. The Morgan fingerprint density at radius 1 is 1.27 bits per heavy atom. The predicted octanol–water partition coefficient (Wildman–Crippen LogP) is 3.90. The second-order valence-corrected chi connectivity index (χ2v) is 6.64. The molecule has 0 bridgehead atoms. The normalized spacial score (nSPS) is 12.6. The molecule has 0 saturated heterocycles. The summed E-state index contributed by atoms with van der Waals surface area (Å²) in [6.07, 6.45) is -0.107. The van der Waals surface area contributed by atoms with Crippen LogP contribution in [-0.2, 0) is 16.0 Å². The molecule has 0 aliphatic carbocycles. The van der Waals surface area contributed by atoms with E-state index in [9.17, 15) is 14.7 Å². The first-order chi connectivity index (χ1) is 10.1. The molecule has 0 aliphatic rings. The van der Waals surface area contributed by atoms with E-state index in [4.69, 9.17) is 27.9 Å². The third-order valence-electron chi connectivity index (χ3n) is 2.69. The van der Waals surface area contributed by atoms with Crippen molar-refractivity contribution in [1.29, 1.82) is 0 Å². The van der Waals surface area contributed by atoms with E-state index < -0.39 is 23.7 Å². The molecule has 1 aromatic carbocycles. The van der Waals surface area contributed by atoms with Gasteiger partial charge in [0.15, 0.2) is 0 Å². The van der Waals surface area contributed by atoms with E-state index in [0.29, 0.717) is 16.5 Å². The van der Waals surface area contributed by atoms with Gasteiger partial charge in [0.2, 0.25) is 0 Å². The highest BCUT2D eigenvalue weighted by Crippen LogP contribution is 2.23. The van der Waals surface area contributed by atoms with Gasteiger partial charge in [-0.25, -0.2) is 9.59 Å². The number of carbonyl (C=O) groups excluding carboxylic acids is 1. The Kier molecular flexibility index (Phi) is 6.50. The number of alkyl carbamates (subject to hydrolysis) is 1. The Morgan fingerprint density at radius 3 is 2.41 bits per heavy atom. The summed E-state index contributed by atoms with van der Waals surface area (Å²) in [5.74, 6) is -1.12. The molecule has 0 fully saturated rings. The Hall–Kier alpha value is -1.46. The maximum atomic E-state index is 11.6. The number of carboxylic acid groups (broad SMARTS) is 1. The zero-order valence-electron chi connectivity index (χ0n) is 12.7. The van der Waals surface area contributed by atoms with Crippen LogP contribution in [0.25, 0.3) is 0 Å². The Morgan fingerprint density at radius 2 is 1.91 bits per heavy atom. The first-order valence-corrected chi connectivity index (χ1v) is 7.50. The minimum atomic E-state index is -1.12. The van der Waals surface area contributed by atoms with Gasteiger partial charge in [-0.3, -0.25) is 0 Å². The van der Waals surface area contributed by atoms with Crippen LogP contribution < -0.4 is 5.32 Å². The minimum Gasteiger partial charge on any atom is -0.480 e. The number of aryl methyl sites for hydroxylation is 1. The molecular formula is C15H19Cl2NO4. The molecule has 1 aromatic rings. The summed E-state index contributed by atoms with van der Waals surface area (Å²) in [4.78, 5) is 22.9. The van der Waals surface area contributed by atoms with E-state index in [1.54, 1.807) is 39.0 Å². The van der Waals surface area contributed by atoms with Crippen LogP contribution in [0, 0.1) is 0 Å². The summed E-state index contributed by atoms with van der Waals surface area (Å²) < 4.78 is 5.05. The monoisotopic (exact) mass is 347 g/mol. The summed E-state index contributed by atoms with van der Waals surface area (Å²) in [6, 6.07) is 4.05. The van der Waals surface area contributed by atoms with Gasteiger partial charge in [0.25, 0.3) is 0 Å². The molecule has 0 aromatic heterocycles. The lowest BCUT2D eigenvalue weighted by atomic mass is 10.1. The zero-order chi connectivity index (χ0) is 16.9. The van der Waals surface area contributed by atoms with Gasteiger partial charge in [0.1, 0.15) is 11.6 Å². The van der Waals surface area contributed by atoms with Crippen molar-refractivity contribution >= 4 is 35.3 Å². The molecule has 122 valence electrons. The number of ether oxygens (including phenoxy) is 1. The molecule has 0 spiro atoms. The third-order valence-corrected chi connectivity index (χ3v) is 3.43. The Labute approximate surface area is 139 Å². The molecule has 7 heteroatoms. The number of halogens is 2. The minimum absolute atomic E-state index is 0.215. The largest absolute Gasteiger partial charge is 0.480 e. The third kappa shape index (κ3) is 6.54. The van der Waals surface area contributed by atoms with Crippen molar-refractivity contribution in [3.05, 3.63) is 33.8 Å². The Bertz CT molecular complexity index is 555. The fourth-order valence-electron chi connectivity index (χ4n) is 1.71. The standard InChI is InChI=1S/C15H19Cl2NO4/c1-15(2,3)22-14(21)18-12(13(19)20)7-5-9-4-6-10(16)11(17)8-9/h4,6,8,12H,5,7H2,1-3H3,(H,18,21)(H,19,20). The quantitative estimate of drug-likeness (QED) is 0.846. The van der Waals surface area contributed by atoms with Gasteiger partial charge in [-0.05, 0) is 51.3 Å². The van der Waals surface area contributed by atoms with Crippen LogP contribution in [0.4, 0.5) is 4.79 Å². The number of benzene rings is 1. The van der Waals surface area contributed by atoms with Crippen LogP contribution >= 0.6 is 23.2 Å². The molecule has 0 heterocycles. The van der Waals surface area contributed by atoms with E-state index in [1.165, 1.54) is 0 Å². The summed E-state index contributed by atoms with van der Waals surface area (Å²) >= 11 is 11.7. The van der Waals surface area contributed by atoms with E-state index in [2.05, 4.69) is 5.32 Å². The Balaban J connectivity index is 2.63. The average molecular weight is 348 g/mol. The summed E-state index contributed by atoms with van der Waals surface area (Å²) in [7, 11) is 0. The maximum absolute atomic E-state index is 11.6. The predicted molar refractivity (Wildman–Crippen MR) is 85.6 cm³/mol. The second-order valence-electron chi connectivity index (χ2n) is 5.82. The zero-order valence-corrected chi connectivity index (χ0v) is 14.2. The van der Waals surface area contributed by atoms with Gasteiger partial charge in [-0.15, -0.1) is 0 Å². The molecule has 0 saturated carbocycles. The molecule has 1 amide bonds. The number of nitrogens with one attached hydrogen (secondary N) is 1. The number of amides is 1. The van der Waals surface area contributed by atoms with Gasteiger partial charge in [-0.2, -0.15) is 0 Å². The van der Waals surface area contributed by atoms with E-state index in [0.717, 1.165) is 5.56 Å². The smallest absolute Gasteiger partial charge is 0.408 e. The van der Waals surface area contributed by atoms with Crippen LogP contribution in [0.2, 0.25) is 10.0 Å². The lowest BCUT2D eigenvalue weighted by Gasteiger charge is -2.22. The van der Waals surface area contributed by atoms with Crippen molar-refractivity contribution < 1.29 is 19.4 Å². The van der Waals surface area contributed by atoms with Crippen molar-refractivity contribution in [2.45, 2.75) is 45.3 Å². The van der Waals surface area contributed by atoms with Gasteiger partial charge < -0.3 is 15.2 Å². The maximum Gasteiger partial charge on any atom is 0.408 e. The first-order valence-electron chi connectivity index (χ1n) is 6.75. The van der Waals surface area contributed by atoms with E-state index in [1.807, 2.05) is 0 Å². The van der Waals surface area contributed by atoms with Gasteiger partial charge in [-0.1, -0.05) is 29.3 Å². The molecule has 1 rings (SSSR count). The highest BCUT2D eigenvalue weighted by Gasteiger charge is 2.23. The molecule has 1 unspecified atom stereocenters. The van der Waals surface area contributed by atoms with Gasteiger partial charge in [0.05, 0.1) is 10.0 Å². The molecule has 22 heavy (non-hydrogen) atoms. The highest BCUT2D eigenvalue weighted by atomic mass is 35.5. The molecule has 1 atom stereocenters. The van der Waals surface area contributed by atoms with Crippen LogP contribution in [0.15, 0.2) is 18.2 Å². The lowest BCUT2D eigenvalue weighted by molar-refractivity contribution is -0.139. The molecular weight excluding hydrogens is 329 g/mol. The fraction of sp³-hybridized carbons (Fsp3) is 0.467. The summed E-state index contributed by atoms with van der Waals surface area (Å²) in [5.41, 5.74) is 0.156. The van der Waals surface area contributed by atoms with Crippen LogP contribution in [0.5, 0.6) is 0 Å². The summed E-state index contributed by atoms with van der Waals surface area (Å²) in [6.45, 7) is 5.12. The lowest BCUT2D eigenvalue weighted by Crippen LogP contribution is -2.43. The van der Waals surface area contributed by atoms with Gasteiger partial charge >= 0.3 is 12.1 Å². The van der Waals surface area contributed by atoms with Crippen molar-refractivity contribution in [2.24, 2.45) is 0 Å². The second kappa shape index (κ2) is 7.70. The first kappa shape index (κ1) is 18.6. The number of rotatable bonds is 5. The van der Waals surface area contributed by atoms with Crippen molar-refractivity contribution in [2.75, 3.05) is 0 Å². The number of carboxylic acids is 1. The van der Waals surface area contributed by atoms with Crippen molar-refractivity contribution in [3.63, 3.8) is 0 Å². The number of hydrogen-bond acceptors (Lipinski definition) is 3. The van der Waals surface area contributed by atoms with E-state index >= 15 is 0 Å². The number of aliphatic carboxylic acids is 1. The average Bonchev–Trinajstić information content (AvgIpc) is 2.36. The van der Waals surface area contributed by atoms with Crippen molar-refractivity contribution in [1.82, 2.24) is 5.32 Å². The number of hydrogen-bond donors (Lipinski definition) is 2. The van der Waals surface area contributed by atoms with Crippen LogP contribution in [0.3, 0.4) is 0 Å². The SMILES string of the molecule is CC(C)(C)OC(=O)NC(CCc1ccc(Cl)c(Cl)c1)C(=O)O. The number of carbonyl (C=O) groups is 2. The van der Waals surface area contributed by atoms with Crippen LogP contribution in [-0.4, -0.2) is 28.8 Å². The van der Waals surface area contributed by atoms with E-state index in [-0.39, 0.29) is 6.42 Å².